The second-order valence-corrected chi connectivity index (χ2v) is 13.2. The fourth-order valence-electron chi connectivity index (χ4n) is 6.83. The van der Waals surface area contributed by atoms with Gasteiger partial charge < -0.3 is 19.5 Å². The molecular weight excluding hydrogens is 650 g/mol. The van der Waals surface area contributed by atoms with Crippen LogP contribution in [-0.2, 0) is 17.9 Å². The molecule has 264 valence electrons. The van der Waals surface area contributed by atoms with Crippen LogP contribution in [0.15, 0.2) is 61.6 Å². The maximum absolute atomic E-state index is 9.69. The van der Waals surface area contributed by atoms with Crippen LogP contribution in [0.2, 0.25) is 0 Å². The van der Waals surface area contributed by atoms with E-state index in [0.29, 0.717) is 47.2 Å². The number of nitrogens with one attached hydrogen (secondary N) is 1. The third kappa shape index (κ3) is 8.44. The predicted octanol–water partition coefficient (Wildman–Crippen LogP) is 4.37. The number of morpholine rings is 1. The Morgan fingerprint density at radius 3 is 2.45 bits per heavy atom. The van der Waals surface area contributed by atoms with Crippen molar-refractivity contribution in [3.63, 3.8) is 0 Å². The Morgan fingerprint density at radius 2 is 1.75 bits per heavy atom. The van der Waals surface area contributed by atoms with E-state index in [2.05, 4.69) is 65.6 Å². The lowest BCUT2D eigenvalue weighted by atomic mass is 9.89. The van der Waals surface area contributed by atoms with Crippen LogP contribution < -0.4 is 14.8 Å². The van der Waals surface area contributed by atoms with Gasteiger partial charge in [-0.05, 0) is 80.6 Å². The smallest absolute Gasteiger partial charge is 0.257 e. The molecule has 0 amide bonds. The van der Waals surface area contributed by atoms with E-state index in [1.165, 1.54) is 6.33 Å². The third-order valence-corrected chi connectivity index (χ3v) is 9.16. The Bertz CT molecular complexity index is 1900. The molecule has 1 aromatic carbocycles. The first-order valence-electron chi connectivity index (χ1n) is 17.3. The number of rotatable bonds is 12. The highest BCUT2D eigenvalue weighted by atomic mass is 16.5. The molecule has 4 aromatic heterocycles. The number of nitriles is 1. The number of anilines is 2. The van der Waals surface area contributed by atoms with Crippen LogP contribution in [-0.4, -0.2) is 92.3 Å². The molecule has 51 heavy (non-hydrogen) atoms. The monoisotopic (exact) mass is 691 g/mol. The molecule has 1 saturated carbocycles. The molecule has 0 unspecified atom stereocenters. The first-order chi connectivity index (χ1) is 24.9. The van der Waals surface area contributed by atoms with Crippen molar-refractivity contribution in [3.05, 3.63) is 73.0 Å². The molecular formula is C35H41N13O3. The van der Waals surface area contributed by atoms with Crippen molar-refractivity contribution in [2.24, 2.45) is 0 Å². The van der Waals surface area contributed by atoms with E-state index in [1.807, 2.05) is 29.9 Å². The lowest BCUT2D eigenvalue weighted by Crippen LogP contribution is -2.51. The van der Waals surface area contributed by atoms with Gasteiger partial charge in [0.15, 0.2) is 5.82 Å². The van der Waals surface area contributed by atoms with Crippen LogP contribution in [0.25, 0.3) is 11.1 Å². The normalized spacial score (nSPS) is 21.5. The third-order valence-electron chi connectivity index (χ3n) is 9.16. The molecule has 1 aliphatic carbocycles. The Labute approximate surface area is 295 Å². The highest BCUT2D eigenvalue weighted by Gasteiger charge is 2.32. The largest absolute Gasteiger partial charge is 0.487 e. The number of benzene rings is 1. The molecule has 1 saturated heterocycles. The number of aromatic nitrogens is 10. The van der Waals surface area contributed by atoms with Crippen molar-refractivity contribution in [1.82, 2.24) is 54.8 Å². The van der Waals surface area contributed by atoms with E-state index in [0.717, 1.165) is 49.9 Å². The molecule has 5 aromatic rings. The van der Waals surface area contributed by atoms with Crippen molar-refractivity contribution in [3.8, 4) is 28.8 Å². The number of hydrogen-bond acceptors (Lipinski definition) is 14. The molecule has 2 fully saturated rings. The zero-order valence-corrected chi connectivity index (χ0v) is 28.9. The van der Waals surface area contributed by atoms with Crippen molar-refractivity contribution in [1.29, 1.82) is 5.26 Å². The minimum Gasteiger partial charge on any atom is -0.487 e. The van der Waals surface area contributed by atoms with E-state index in [9.17, 15) is 5.26 Å². The lowest BCUT2D eigenvalue weighted by molar-refractivity contribution is -0.0852. The van der Waals surface area contributed by atoms with Crippen LogP contribution in [0.1, 0.15) is 63.9 Å². The van der Waals surface area contributed by atoms with Crippen LogP contribution in [0.3, 0.4) is 0 Å². The molecule has 2 aliphatic rings. The zero-order chi connectivity index (χ0) is 35.2. The number of tetrazole rings is 1. The molecule has 0 spiro atoms. The average Bonchev–Trinajstić information content (AvgIpc) is 3.81. The standard InChI is InChI=1S/C35H41N13O3/c1-23-17-46(18-24(2)50-23)29-7-9-30(10-8-29)48-20-31(34(43-48)49-21-33-37-11-4-12-38-33)42-35-39-15-28(16-40-35)26-5-6-27(14-36)32(13-26)51-25(3)19-47-22-41-44-45-47/h4-6,11-13,15-16,20,22-25,29-30H,7-10,17-19,21H2,1-3H3,(H,39,40,42)/t23-,24+,25-,29-,30-/m0/s1. The topological polar surface area (TPSA) is 180 Å². The van der Waals surface area contributed by atoms with Crippen LogP contribution >= 0.6 is 0 Å². The highest BCUT2D eigenvalue weighted by molar-refractivity contribution is 5.67. The van der Waals surface area contributed by atoms with Crippen molar-refractivity contribution >= 4 is 11.6 Å². The summed E-state index contributed by atoms with van der Waals surface area (Å²) in [6, 6.07) is 10.2. The van der Waals surface area contributed by atoms with Gasteiger partial charge in [0.25, 0.3) is 5.88 Å². The SMILES string of the molecule is C[C@@H]1CN([C@H]2CC[C@H](n3cc(Nc4ncc(-c5ccc(C#N)c(O[C@@H](C)Cn6cnnn6)c5)cn4)c(OCc4ncccn4)n3)CC2)C[C@H](C)O1. The average molecular weight is 692 g/mol. The molecule has 0 radical (unpaired) electrons. The maximum atomic E-state index is 9.69. The van der Waals surface area contributed by atoms with Crippen LogP contribution in [0, 0.1) is 11.3 Å². The van der Waals surface area contributed by atoms with Gasteiger partial charge in [-0.3, -0.25) is 9.58 Å². The quantitative estimate of drug-likeness (QED) is 0.195. The van der Waals surface area contributed by atoms with Gasteiger partial charge in [0, 0.05) is 49.5 Å². The molecule has 1 N–H and O–H groups in total. The first-order valence-corrected chi connectivity index (χ1v) is 17.3. The number of hydrogen-bond donors (Lipinski definition) is 1. The zero-order valence-electron chi connectivity index (χ0n) is 28.9. The Balaban J connectivity index is 1.05. The molecule has 16 nitrogen and oxygen atoms in total. The van der Waals surface area contributed by atoms with Gasteiger partial charge in [-0.25, -0.2) is 24.6 Å². The fraction of sp³-hybridized carbons (Fsp3) is 0.457. The van der Waals surface area contributed by atoms with Gasteiger partial charge in [-0.2, -0.15) is 5.26 Å². The first kappa shape index (κ1) is 33.9. The molecule has 1 aliphatic heterocycles. The predicted molar refractivity (Wildman–Crippen MR) is 185 cm³/mol. The minimum atomic E-state index is -0.281. The fourth-order valence-corrected chi connectivity index (χ4v) is 6.83. The van der Waals surface area contributed by atoms with Crippen molar-refractivity contribution in [2.45, 2.75) is 90.0 Å². The van der Waals surface area contributed by atoms with E-state index in [4.69, 9.17) is 19.3 Å². The Morgan fingerprint density at radius 1 is 1.00 bits per heavy atom. The van der Waals surface area contributed by atoms with Crippen LogP contribution in [0.5, 0.6) is 11.6 Å². The van der Waals surface area contributed by atoms with E-state index in [-0.39, 0.29) is 31.0 Å². The summed E-state index contributed by atoms with van der Waals surface area (Å²) in [5.41, 5.74) is 2.65. The molecule has 16 heteroatoms. The van der Waals surface area contributed by atoms with Crippen molar-refractivity contribution < 1.29 is 14.2 Å². The molecule has 7 rings (SSSR count). The summed E-state index contributed by atoms with van der Waals surface area (Å²) >= 11 is 0. The summed E-state index contributed by atoms with van der Waals surface area (Å²) < 4.78 is 21.8. The van der Waals surface area contributed by atoms with E-state index in [1.54, 1.807) is 41.6 Å². The Hall–Kier alpha value is -5.53. The maximum Gasteiger partial charge on any atom is 0.257 e. The molecule has 0 bridgehead atoms. The summed E-state index contributed by atoms with van der Waals surface area (Å²) in [5.74, 6) is 1.83. The van der Waals surface area contributed by atoms with Crippen LogP contribution in [0.4, 0.5) is 11.6 Å². The summed E-state index contributed by atoms with van der Waals surface area (Å²) in [5, 5.41) is 29.1. The van der Waals surface area contributed by atoms with Gasteiger partial charge >= 0.3 is 0 Å². The van der Waals surface area contributed by atoms with Gasteiger partial charge in [0.05, 0.1) is 36.6 Å². The van der Waals surface area contributed by atoms with Gasteiger partial charge in [0.2, 0.25) is 5.95 Å². The van der Waals surface area contributed by atoms with Gasteiger partial charge in [0.1, 0.15) is 36.5 Å². The highest BCUT2D eigenvalue weighted by Crippen LogP contribution is 2.36. The lowest BCUT2D eigenvalue weighted by Gasteiger charge is -2.42. The Kier molecular flexibility index (Phi) is 10.4. The van der Waals surface area contributed by atoms with Gasteiger partial charge in [-0.15, -0.1) is 10.2 Å². The number of nitrogens with zero attached hydrogens (tertiary/aromatic N) is 12. The number of ether oxygens (including phenoxy) is 3. The summed E-state index contributed by atoms with van der Waals surface area (Å²) in [6.45, 7) is 8.78. The second-order valence-electron chi connectivity index (χ2n) is 13.2. The summed E-state index contributed by atoms with van der Waals surface area (Å²) in [4.78, 5) is 20.4. The molecule has 3 atom stereocenters. The van der Waals surface area contributed by atoms with E-state index >= 15 is 0 Å². The summed E-state index contributed by atoms with van der Waals surface area (Å²) in [6.07, 6.45) is 14.8. The summed E-state index contributed by atoms with van der Waals surface area (Å²) in [7, 11) is 0. The van der Waals surface area contributed by atoms with Crippen molar-refractivity contribution in [2.75, 3.05) is 18.4 Å². The van der Waals surface area contributed by atoms with E-state index < -0.39 is 0 Å². The second kappa shape index (κ2) is 15.6. The van der Waals surface area contributed by atoms with Gasteiger partial charge in [-0.1, -0.05) is 6.07 Å². The molecule has 5 heterocycles. The minimum absolute atomic E-state index is 0.171.